The number of ether oxygens (including phenoxy) is 1. The lowest BCUT2D eigenvalue weighted by Gasteiger charge is -2.07. The molecule has 0 radical (unpaired) electrons. The van der Waals surface area contributed by atoms with Crippen LogP contribution in [0, 0.1) is 0 Å². The Bertz CT molecular complexity index is 712. The molecule has 0 aliphatic heterocycles. The van der Waals surface area contributed by atoms with E-state index in [1.54, 1.807) is 6.92 Å². The van der Waals surface area contributed by atoms with Crippen LogP contribution in [-0.2, 0) is 17.6 Å². The van der Waals surface area contributed by atoms with Gasteiger partial charge < -0.3 is 10.1 Å². The molecule has 0 saturated heterocycles. The van der Waals surface area contributed by atoms with Crippen LogP contribution < -0.4 is 5.32 Å². The standard InChI is InChI=1S/C15H15N3O3S/c1-2-21-15(20)12-9-4-3-5-11(9)22-14(12)18-13(19)10-6-7-16-8-17-10/h6-8H,2-5H2,1H3,(H,18,19). The van der Waals surface area contributed by atoms with Gasteiger partial charge in [0.05, 0.1) is 12.2 Å². The number of nitrogens with one attached hydrogen (secondary N) is 1. The first kappa shape index (κ1) is 14.6. The molecule has 0 aromatic carbocycles. The van der Waals surface area contributed by atoms with Gasteiger partial charge in [-0.2, -0.15) is 0 Å². The van der Waals surface area contributed by atoms with E-state index < -0.39 is 0 Å². The Morgan fingerprint density at radius 3 is 3.00 bits per heavy atom. The van der Waals surface area contributed by atoms with Crippen LogP contribution in [0.4, 0.5) is 5.00 Å². The summed E-state index contributed by atoms with van der Waals surface area (Å²) in [6.45, 7) is 2.08. The number of hydrogen-bond donors (Lipinski definition) is 1. The fourth-order valence-electron chi connectivity index (χ4n) is 2.50. The van der Waals surface area contributed by atoms with Gasteiger partial charge in [0.2, 0.25) is 0 Å². The summed E-state index contributed by atoms with van der Waals surface area (Å²) in [6.07, 6.45) is 5.64. The number of aromatic nitrogens is 2. The van der Waals surface area contributed by atoms with Crippen molar-refractivity contribution in [2.75, 3.05) is 11.9 Å². The monoisotopic (exact) mass is 317 g/mol. The highest BCUT2D eigenvalue weighted by atomic mass is 32.1. The number of nitrogens with zero attached hydrogens (tertiary/aromatic N) is 2. The van der Waals surface area contributed by atoms with Gasteiger partial charge in [0.15, 0.2) is 0 Å². The summed E-state index contributed by atoms with van der Waals surface area (Å²) in [4.78, 5) is 33.3. The summed E-state index contributed by atoms with van der Waals surface area (Å²) in [5.74, 6) is -0.729. The summed E-state index contributed by atoms with van der Waals surface area (Å²) in [5.41, 5.74) is 1.78. The molecule has 1 aliphatic carbocycles. The molecule has 1 amide bonds. The minimum absolute atomic E-state index is 0.262. The van der Waals surface area contributed by atoms with Gasteiger partial charge in [-0.05, 0) is 37.8 Å². The number of thiophene rings is 1. The average molecular weight is 317 g/mol. The Balaban J connectivity index is 1.91. The lowest BCUT2D eigenvalue weighted by atomic mass is 10.1. The van der Waals surface area contributed by atoms with Gasteiger partial charge in [-0.3, -0.25) is 4.79 Å². The number of aryl methyl sites for hydroxylation is 1. The minimum Gasteiger partial charge on any atom is -0.462 e. The fraction of sp³-hybridized carbons (Fsp3) is 0.333. The van der Waals surface area contributed by atoms with E-state index >= 15 is 0 Å². The molecule has 7 heteroatoms. The maximum atomic E-state index is 12.2. The van der Waals surface area contributed by atoms with Crippen molar-refractivity contribution in [1.29, 1.82) is 0 Å². The summed E-state index contributed by atoms with van der Waals surface area (Å²) in [7, 11) is 0. The van der Waals surface area contributed by atoms with Crippen LogP contribution in [0.2, 0.25) is 0 Å². The lowest BCUT2D eigenvalue weighted by molar-refractivity contribution is 0.0527. The molecule has 3 rings (SSSR count). The van der Waals surface area contributed by atoms with Crippen molar-refractivity contribution in [3.63, 3.8) is 0 Å². The van der Waals surface area contributed by atoms with Crippen molar-refractivity contribution in [3.05, 3.63) is 40.3 Å². The average Bonchev–Trinajstić information content (AvgIpc) is 3.08. The van der Waals surface area contributed by atoms with E-state index in [4.69, 9.17) is 4.74 Å². The topological polar surface area (TPSA) is 81.2 Å². The number of esters is 1. The Labute approximate surface area is 131 Å². The fourth-order valence-corrected chi connectivity index (χ4v) is 3.78. The summed E-state index contributed by atoms with van der Waals surface area (Å²) in [5, 5.41) is 3.33. The first-order valence-corrected chi connectivity index (χ1v) is 7.91. The van der Waals surface area contributed by atoms with Gasteiger partial charge in [0.1, 0.15) is 17.0 Å². The third-order valence-electron chi connectivity index (χ3n) is 3.44. The molecule has 0 fully saturated rings. The van der Waals surface area contributed by atoms with Crippen molar-refractivity contribution >= 4 is 28.2 Å². The number of fused-ring (bicyclic) bond motifs is 1. The maximum absolute atomic E-state index is 12.2. The van der Waals surface area contributed by atoms with E-state index in [0.717, 1.165) is 29.7 Å². The van der Waals surface area contributed by atoms with Crippen molar-refractivity contribution in [3.8, 4) is 0 Å². The van der Waals surface area contributed by atoms with Gasteiger partial charge in [0, 0.05) is 11.1 Å². The molecular formula is C15H15N3O3S. The number of rotatable bonds is 4. The number of amides is 1. The van der Waals surface area contributed by atoms with Crippen LogP contribution in [0.15, 0.2) is 18.6 Å². The molecule has 2 aromatic rings. The van der Waals surface area contributed by atoms with Crippen molar-refractivity contribution in [2.24, 2.45) is 0 Å². The number of anilines is 1. The third-order valence-corrected chi connectivity index (χ3v) is 4.65. The molecule has 114 valence electrons. The first-order chi connectivity index (χ1) is 10.7. The second-order valence-electron chi connectivity index (χ2n) is 4.83. The summed E-state index contributed by atoms with van der Waals surface area (Å²) >= 11 is 1.45. The summed E-state index contributed by atoms with van der Waals surface area (Å²) < 4.78 is 5.13. The Hall–Kier alpha value is -2.28. The highest BCUT2D eigenvalue weighted by Crippen LogP contribution is 2.39. The molecule has 1 aliphatic rings. The zero-order chi connectivity index (χ0) is 15.5. The van der Waals surface area contributed by atoms with E-state index in [2.05, 4.69) is 15.3 Å². The molecule has 22 heavy (non-hydrogen) atoms. The SMILES string of the molecule is CCOC(=O)c1c(NC(=O)c2ccncn2)sc2c1CCC2. The van der Waals surface area contributed by atoms with Gasteiger partial charge in [-0.1, -0.05) is 0 Å². The highest BCUT2D eigenvalue weighted by Gasteiger charge is 2.28. The number of hydrogen-bond acceptors (Lipinski definition) is 6. The minimum atomic E-state index is -0.375. The van der Waals surface area contributed by atoms with Gasteiger partial charge >= 0.3 is 5.97 Å². The smallest absolute Gasteiger partial charge is 0.341 e. The zero-order valence-corrected chi connectivity index (χ0v) is 12.9. The van der Waals surface area contributed by atoms with E-state index in [-0.39, 0.29) is 17.6 Å². The predicted molar refractivity (Wildman–Crippen MR) is 82.3 cm³/mol. The second-order valence-corrected chi connectivity index (χ2v) is 5.94. The predicted octanol–water partition coefficient (Wildman–Crippen LogP) is 2.46. The van der Waals surface area contributed by atoms with Crippen LogP contribution in [0.25, 0.3) is 0 Å². The van der Waals surface area contributed by atoms with Crippen LogP contribution in [-0.4, -0.2) is 28.5 Å². The van der Waals surface area contributed by atoms with Gasteiger partial charge in [0.25, 0.3) is 5.91 Å². The molecule has 0 atom stereocenters. The lowest BCUT2D eigenvalue weighted by Crippen LogP contribution is -2.16. The second kappa shape index (κ2) is 6.23. The molecular weight excluding hydrogens is 302 g/mol. The van der Waals surface area contributed by atoms with Crippen LogP contribution in [0.3, 0.4) is 0 Å². The number of carbonyl (C=O) groups excluding carboxylic acids is 2. The maximum Gasteiger partial charge on any atom is 0.341 e. The van der Waals surface area contributed by atoms with Crippen LogP contribution in [0.1, 0.15) is 44.6 Å². The zero-order valence-electron chi connectivity index (χ0n) is 12.1. The van der Waals surface area contributed by atoms with Crippen molar-refractivity contribution in [1.82, 2.24) is 9.97 Å². The molecule has 1 N–H and O–H groups in total. The number of carbonyl (C=O) groups is 2. The van der Waals surface area contributed by atoms with E-state index in [9.17, 15) is 9.59 Å². The molecule has 2 aromatic heterocycles. The largest absolute Gasteiger partial charge is 0.462 e. The molecule has 6 nitrogen and oxygen atoms in total. The normalized spacial score (nSPS) is 12.8. The van der Waals surface area contributed by atoms with Crippen molar-refractivity contribution in [2.45, 2.75) is 26.2 Å². The molecule has 0 bridgehead atoms. The highest BCUT2D eigenvalue weighted by molar-refractivity contribution is 7.17. The summed E-state index contributed by atoms with van der Waals surface area (Å²) in [6, 6.07) is 1.53. The van der Waals surface area contributed by atoms with Crippen LogP contribution in [0.5, 0.6) is 0 Å². The van der Waals surface area contributed by atoms with Gasteiger partial charge in [-0.25, -0.2) is 14.8 Å². The Morgan fingerprint density at radius 1 is 1.41 bits per heavy atom. The van der Waals surface area contributed by atoms with E-state index in [0.29, 0.717) is 17.2 Å². The Morgan fingerprint density at radius 2 is 2.27 bits per heavy atom. The van der Waals surface area contributed by atoms with Crippen LogP contribution >= 0.6 is 11.3 Å². The van der Waals surface area contributed by atoms with E-state index in [1.165, 1.54) is 29.9 Å². The van der Waals surface area contributed by atoms with Crippen molar-refractivity contribution < 1.29 is 14.3 Å². The molecule has 0 unspecified atom stereocenters. The quantitative estimate of drug-likeness (QED) is 0.876. The Kier molecular flexibility index (Phi) is 4.15. The van der Waals surface area contributed by atoms with E-state index in [1.807, 2.05) is 0 Å². The van der Waals surface area contributed by atoms with Gasteiger partial charge in [-0.15, -0.1) is 11.3 Å². The molecule has 0 saturated carbocycles. The third kappa shape index (κ3) is 2.71. The molecule has 2 heterocycles. The molecule has 0 spiro atoms. The first-order valence-electron chi connectivity index (χ1n) is 7.09.